The number of aryl methyl sites for hydroxylation is 1. The molecular weight excluding hydrogens is 464 g/mol. The van der Waals surface area contributed by atoms with Crippen LogP contribution in [0.15, 0.2) is 53.3 Å². The molecule has 186 valence electrons. The number of non-ortho nitro benzene ring substituents is 1. The molecule has 0 heterocycles. The van der Waals surface area contributed by atoms with E-state index in [4.69, 9.17) is 14.2 Å². The van der Waals surface area contributed by atoms with Gasteiger partial charge in [0.15, 0.2) is 17.2 Å². The van der Waals surface area contributed by atoms with Gasteiger partial charge in [-0.2, -0.15) is 0 Å². The minimum absolute atomic E-state index is 0.103. The highest BCUT2D eigenvalue weighted by molar-refractivity contribution is 5.95. The Bertz CT molecular complexity index is 1400. The van der Waals surface area contributed by atoms with Crippen LogP contribution in [-0.4, -0.2) is 32.2 Å². The van der Waals surface area contributed by atoms with E-state index in [0.717, 1.165) is 22.3 Å². The second kappa shape index (κ2) is 10.1. The lowest BCUT2D eigenvalue weighted by Crippen LogP contribution is -2.29. The van der Waals surface area contributed by atoms with Gasteiger partial charge in [0.25, 0.3) is 11.6 Å². The number of carbonyl (C=O) groups is 1. The van der Waals surface area contributed by atoms with Crippen LogP contribution in [0, 0.1) is 17.0 Å². The first-order chi connectivity index (χ1) is 17.3. The molecule has 1 atom stereocenters. The molecule has 0 radical (unpaired) electrons. The molecule has 1 aliphatic carbocycles. The molecule has 1 unspecified atom stereocenters. The molecule has 3 aromatic carbocycles. The van der Waals surface area contributed by atoms with Gasteiger partial charge in [-0.25, -0.2) is 0 Å². The number of amides is 1. The number of benzene rings is 2. The van der Waals surface area contributed by atoms with Gasteiger partial charge in [0.05, 0.1) is 32.3 Å². The minimum atomic E-state index is -0.520. The van der Waals surface area contributed by atoms with E-state index in [1.165, 1.54) is 37.4 Å². The largest absolute Gasteiger partial charge is 0.493 e. The number of nitrogens with zero attached hydrogens (tertiary/aromatic N) is 1. The number of carbonyl (C=O) groups excluding carboxylic acids is 1. The van der Waals surface area contributed by atoms with Crippen LogP contribution in [0.4, 0.5) is 5.69 Å². The van der Waals surface area contributed by atoms with Gasteiger partial charge in [-0.05, 0) is 72.4 Å². The highest BCUT2D eigenvalue weighted by atomic mass is 16.6. The number of hydrogen-bond acceptors (Lipinski definition) is 7. The molecule has 36 heavy (non-hydrogen) atoms. The van der Waals surface area contributed by atoms with Crippen LogP contribution in [0.3, 0.4) is 0 Å². The number of methoxy groups -OCH3 is 3. The maximum absolute atomic E-state index is 13.1. The summed E-state index contributed by atoms with van der Waals surface area (Å²) < 4.78 is 16.6. The number of hydrogen-bond donors (Lipinski definition) is 1. The lowest BCUT2D eigenvalue weighted by atomic mass is 9.93. The number of nitro benzene ring substituents is 1. The number of nitro groups is 1. The summed E-state index contributed by atoms with van der Waals surface area (Å²) >= 11 is 0. The van der Waals surface area contributed by atoms with Crippen LogP contribution >= 0.6 is 0 Å². The van der Waals surface area contributed by atoms with Crippen molar-refractivity contribution in [1.29, 1.82) is 0 Å². The quantitative estimate of drug-likeness (QED) is 0.403. The highest BCUT2D eigenvalue weighted by Crippen LogP contribution is 2.47. The Morgan fingerprint density at radius 2 is 1.69 bits per heavy atom. The average Bonchev–Trinajstić information content (AvgIpc) is 3.13. The molecule has 0 bridgehead atoms. The maximum atomic E-state index is 13.1. The van der Waals surface area contributed by atoms with Crippen molar-refractivity contribution in [1.82, 2.24) is 5.32 Å². The van der Waals surface area contributed by atoms with E-state index in [9.17, 15) is 19.7 Å². The van der Waals surface area contributed by atoms with E-state index in [0.29, 0.717) is 29.9 Å². The van der Waals surface area contributed by atoms with Crippen LogP contribution in [0.2, 0.25) is 0 Å². The van der Waals surface area contributed by atoms with E-state index >= 15 is 0 Å². The van der Waals surface area contributed by atoms with Gasteiger partial charge < -0.3 is 19.5 Å². The van der Waals surface area contributed by atoms with Gasteiger partial charge in [-0.15, -0.1) is 0 Å². The van der Waals surface area contributed by atoms with Gasteiger partial charge in [-0.1, -0.05) is 6.07 Å². The zero-order chi connectivity index (χ0) is 26.0. The van der Waals surface area contributed by atoms with Gasteiger partial charge >= 0.3 is 0 Å². The monoisotopic (exact) mass is 490 g/mol. The van der Waals surface area contributed by atoms with E-state index in [-0.39, 0.29) is 22.4 Å². The third-order valence-corrected chi connectivity index (χ3v) is 6.44. The molecule has 0 saturated carbocycles. The van der Waals surface area contributed by atoms with E-state index in [2.05, 4.69) is 5.32 Å². The summed E-state index contributed by atoms with van der Waals surface area (Å²) in [5.41, 5.74) is 4.01. The summed E-state index contributed by atoms with van der Waals surface area (Å²) in [7, 11) is 4.56. The Morgan fingerprint density at radius 3 is 2.31 bits per heavy atom. The molecule has 9 heteroatoms. The Labute approximate surface area is 207 Å². The molecule has 9 nitrogen and oxygen atoms in total. The molecule has 1 N–H and O–H groups in total. The van der Waals surface area contributed by atoms with Gasteiger partial charge in [0, 0.05) is 23.3 Å². The van der Waals surface area contributed by atoms with Crippen molar-refractivity contribution >= 4 is 11.6 Å². The lowest BCUT2D eigenvalue weighted by molar-refractivity contribution is -0.384. The first-order valence-electron chi connectivity index (χ1n) is 11.3. The first kappa shape index (κ1) is 24.7. The lowest BCUT2D eigenvalue weighted by Gasteiger charge is -2.19. The molecule has 3 aromatic rings. The van der Waals surface area contributed by atoms with Crippen molar-refractivity contribution in [2.45, 2.75) is 25.8 Å². The Hall–Kier alpha value is -4.40. The van der Waals surface area contributed by atoms with E-state index in [1.807, 2.05) is 13.0 Å². The van der Waals surface area contributed by atoms with Crippen molar-refractivity contribution in [3.8, 4) is 28.4 Å². The molecule has 0 aromatic heterocycles. The van der Waals surface area contributed by atoms with Crippen molar-refractivity contribution < 1.29 is 23.9 Å². The number of rotatable bonds is 6. The number of fused-ring (bicyclic) bond motifs is 3. The summed E-state index contributed by atoms with van der Waals surface area (Å²) in [5, 5.41) is 14.0. The van der Waals surface area contributed by atoms with Crippen LogP contribution < -0.4 is 25.0 Å². The molecule has 0 spiro atoms. The van der Waals surface area contributed by atoms with Crippen LogP contribution in [0.1, 0.15) is 39.5 Å². The zero-order valence-corrected chi connectivity index (χ0v) is 20.4. The second-order valence-electron chi connectivity index (χ2n) is 8.43. The molecule has 4 rings (SSSR count). The fourth-order valence-electron chi connectivity index (χ4n) is 4.65. The number of nitrogens with one attached hydrogen (secondary N) is 1. The zero-order valence-electron chi connectivity index (χ0n) is 20.4. The highest BCUT2D eigenvalue weighted by Gasteiger charge is 2.29. The standard InChI is InChI=1S/C27H26N2O7/c1-15-13-24(35-3)26(36-4)25-18(15)9-11-21(20-14-22(30)23(34-2)12-10-19(20)25)28-27(31)16-5-7-17(8-6-16)29(32)33/h5-8,10,12-14,21H,9,11H2,1-4H3,(H,28,31). The molecular formula is C27H26N2O7. The summed E-state index contributed by atoms with van der Waals surface area (Å²) in [5.74, 6) is 0.871. The van der Waals surface area contributed by atoms with Crippen LogP contribution in [0.5, 0.6) is 17.2 Å². The third kappa shape index (κ3) is 4.47. The summed E-state index contributed by atoms with van der Waals surface area (Å²) in [6.45, 7) is 1.98. The smallest absolute Gasteiger partial charge is 0.269 e. The normalized spacial score (nSPS) is 14.1. The van der Waals surface area contributed by atoms with E-state index < -0.39 is 16.9 Å². The molecule has 0 aliphatic heterocycles. The second-order valence-corrected chi connectivity index (χ2v) is 8.43. The Morgan fingerprint density at radius 1 is 1.00 bits per heavy atom. The minimum Gasteiger partial charge on any atom is -0.493 e. The fourth-order valence-corrected chi connectivity index (χ4v) is 4.65. The maximum Gasteiger partial charge on any atom is 0.269 e. The summed E-state index contributed by atoms with van der Waals surface area (Å²) in [6, 6.07) is 11.7. The predicted molar refractivity (Wildman–Crippen MR) is 134 cm³/mol. The van der Waals surface area contributed by atoms with Gasteiger partial charge in [-0.3, -0.25) is 19.7 Å². The SMILES string of the molecule is COc1cc(C)c2c(c1OC)-c1ccc(OC)c(=O)cc1C(NC(=O)c1ccc([N+](=O)[O-])cc1)CC2. The summed E-state index contributed by atoms with van der Waals surface area (Å²) in [6.07, 6.45) is 1.12. The van der Waals surface area contributed by atoms with Crippen molar-refractivity contribution in [2.24, 2.45) is 0 Å². The van der Waals surface area contributed by atoms with Crippen molar-refractivity contribution in [3.05, 3.63) is 91.1 Å². The summed E-state index contributed by atoms with van der Waals surface area (Å²) in [4.78, 5) is 36.5. The van der Waals surface area contributed by atoms with Crippen molar-refractivity contribution in [3.63, 3.8) is 0 Å². The average molecular weight is 491 g/mol. The van der Waals surface area contributed by atoms with Gasteiger partial charge in [0.1, 0.15) is 0 Å². The molecule has 0 fully saturated rings. The van der Waals surface area contributed by atoms with Crippen molar-refractivity contribution in [2.75, 3.05) is 21.3 Å². The Balaban J connectivity index is 1.88. The third-order valence-electron chi connectivity index (χ3n) is 6.44. The molecule has 0 saturated heterocycles. The van der Waals surface area contributed by atoms with Crippen LogP contribution in [0.25, 0.3) is 11.1 Å². The van der Waals surface area contributed by atoms with E-state index in [1.54, 1.807) is 26.4 Å². The first-order valence-corrected chi connectivity index (χ1v) is 11.3. The predicted octanol–water partition coefficient (Wildman–Crippen LogP) is 4.37. The Kier molecular flexibility index (Phi) is 6.91. The molecule has 1 aliphatic rings. The number of ether oxygens (including phenoxy) is 3. The fraction of sp³-hybridized carbons (Fsp3) is 0.259. The topological polar surface area (TPSA) is 117 Å². The van der Waals surface area contributed by atoms with Gasteiger partial charge in [0.2, 0.25) is 5.43 Å². The molecule has 1 amide bonds. The van der Waals surface area contributed by atoms with Crippen LogP contribution in [-0.2, 0) is 6.42 Å².